The van der Waals surface area contributed by atoms with Crippen molar-refractivity contribution >= 4 is 23.2 Å². The van der Waals surface area contributed by atoms with Gasteiger partial charge in [0.25, 0.3) is 0 Å². The highest BCUT2D eigenvalue weighted by Gasteiger charge is 2.29. The van der Waals surface area contributed by atoms with Crippen LogP contribution in [-0.4, -0.2) is 30.1 Å². The van der Waals surface area contributed by atoms with Gasteiger partial charge in [0.1, 0.15) is 0 Å². The van der Waals surface area contributed by atoms with Crippen molar-refractivity contribution in [1.82, 2.24) is 10.2 Å². The molecule has 0 aromatic heterocycles. The van der Waals surface area contributed by atoms with E-state index < -0.39 is 0 Å². The second kappa shape index (κ2) is 5.15. The van der Waals surface area contributed by atoms with E-state index in [1.165, 1.54) is 0 Å². The predicted molar refractivity (Wildman–Crippen MR) is 73.8 cm³/mol. The van der Waals surface area contributed by atoms with Crippen LogP contribution in [-0.2, 0) is 6.54 Å². The maximum absolute atomic E-state index is 6.23. The molecule has 1 aromatic carbocycles. The van der Waals surface area contributed by atoms with Crippen molar-refractivity contribution in [3.05, 3.63) is 33.8 Å². The van der Waals surface area contributed by atoms with Crippen molar-refractivity contribution in [1.29, 1.82) is 0 Å². The highest BCUT2D eigenvalue weighted by Crippen LogP contribution is 2.28. The maximum atomic E-state index is 6.23. The number of hydrogen-bond donors (Lipinski definition) is 1. The highest BCUT2D eigenvalue weighted by atomic mass is 35.5. The van der Waals surface area contributed by atoms with Gasteiger partial charge >= 0.3 is 0 Å². The molecule has 94 valence electrons. The maximum Gasteiger partial charge on any atom is 0.0637 e. The van der Waals surface area contributed by atoms with Gasteiger partial charge in [-0.3, -0.25) is 4.90 Å². The van der Waals surface area contributed by atoms with Gasteiger partial charge in [-0.25, -0.2) is 0 Å². The van der Waals surface area contributed by atoms with Crippen LogP contribution in [0.25, 0.3) is 0 Å². The minimum atomic E-state index is 0.157. The molecule has 4 heteroatoms. The van der Waals surface area contributed by atoms with Crippen LogP contribution in [0, 0.1) is 0 Å². The average molecular weight is 273 g/mol. The van der Waals surface area contributed by atoms with Gasteiger partial charge in [0.2, 0.25) is 0 Å². The van der Waals surface area contributed by atoms with E-state index in [0.29, 0.717) is 10.0 Å². The summed E-state index contributed by atoms with van der Waals surface area (Å²) >= 11 is 12.3. The number of halogens is 2. The summed E-state index contributed by atoms with van der Waals surface area (Å²) in [7, 11) is 0. The molecule has 1 N–H and O–H groups in total. The second-order valence-electron chi connectivity index (χ2n) is 5.12. The molecule has 0 bridgehead atoms. The Morgan fingerprint density at radius 3 is 2.82 bits per heavy atom. The summed E-state index contributed by atoms with van der Waals surface area (Å²) in [6.07, 6.45) is 0. The Hall–Kier alpha value is -0.280. The van der Waals surface area contributed by atoms with E-state index in [-0.39, 0.29) is 5.54 Å². The third-order valence-corrected chi connectivity index (χ3v) is 4.22. The van der Waals surface area contributed by atoms with Crippen molar-refractivity contribution in [2.75, 3.05) is 19.6 Å². The van der Waals surface area contributed by atoms with E-state index >= 15 is 0 Å². The van der Waals surface area contributed by atoms with Gasteiger partial charge in [-0.1, -0.05) is 35.3 Å². The number of rotatable bonds is 2. The van der Waals surface area contributed by atoms with Crippen molar-refractivity contribution < 1.29 is 0 Å². The van der Waals surface area contributed by atoms with Gasteiger partial charge in [0, 0.05) is 31.7 Å². The lowest BCUT2D eigenvalue weighted by Crippen LogP contribution is -2.57. The fourth-order valence-corrected chi connectivity index (χ4v) is 2.57. The van der Waals surface area contributed by atoms with Crippen LogP contribution in [0.4, 0.5) is 0 Å². The van der Waals surface area contributed by atoms with Crippen molar-refractivity contribution in [2.45, 2.75) is 25.9 Å². The number of nitrogens with one attached hydrogen (secondary N) is 1. The summed E-state index contributed by atoms with van der Waals surface area (Å²) in [5.74, 6) is 0. The summed E-state index contributed by atoms with van der Waals surface area (Å²) < 4.78 is 0. The van der Waals surface area contributed by atoms with Crippen LogP contribution in [0.1, 0.15) is 19.4 Å². The van der Waals surface area contributed by atoms with Crippen molar-refractivity contribution in [2.24, 2.45) is 0 Å². The lowest BCUT2D eigenvalue weighted by molar-refractivity contribution is 0.0828. The topological polar surface area (TPSA) is 15.3 Å². The van der Waals surface area contributed by atoms with Gasteiger partial charge in [-0.15, -0.1) is 0 Å². The first kappa shape index (κ1) is 13.2. The second-order valence-corrected chi connectivity index (χ2v) is 5.91. The summed E-state index contributed by atoms with van der Waals surface area (Å²) in [6, 6.07) is 5.83. The SMILES string of the molecule is CC1(C)CNCCN1Cc1cccc(Cl)c1Cl. The van der Waals surface area contributed by atoms with E-state index in [2.05, 4.69) is 24.1 Å². The molecule has 0 aliphatic carbocycles. The fraction of sp³-hybridized carbons (Fsp3) is 0.538. The zero-order valence-electron chi connectivity index (χ0n) is 10.3. The first-order valence-electron chi connectivity index (χ1n) is 5.89. The first-order valence-corrected chi connectivity index (χ1v) is 6.65. The van der Waals surface area contributed by atoms with E-state index in [1.807, 2.05) is 18.2 Å². The smallest absolute Gasteiger partial charge is 0.0637 e. The molecular weight excluding hydrogens is 255 g/mol. The van der Waals surface area contributed by atoms with Gasteiger partial charge < -0.3 is 5.32 Å². The quantitative estimate of drug-likeness (QED) is 0.890. The molecule has 0 atom stereocenters. The molecule has 1 saturated heterocycles. The first-order chi connectivity index (χ1) is 8.00. The average Bonchev–Trinajstić information content (AvgIpc) is 2.27. The fourth-order valence-electron chi connectivity index (χ4n) is 2.19. The zero-order chi connectivity index (χ0) is 12.5. The highest BCUT2D eigenvalue weighted by molar-refractivity contribution is 6.42. The molecule has 17 heavy (non-hydrogen) atoms. The Bertz CT molecular complexity index is 404. The molecule has 1 aliphatic heterocycles. The van der Waals surface area contributed by atoms with Gasteiger partial charge in [-0.05, 0) is 25.5 Å². The van der Waals surface area contributed by atoms with E-state index in [9.17, 15) is 0 Å². The van der Waals surface area contributed by atoms with Gasteiger partial charge in [0.15, 0.2) is 0 Å². The number of piperazine rings is 1. The van der Waals surface area contributed by atoms with E-state index in [4.69, 9.17) is 23.2 Å². The lowest BCUT2D eigenvalue weighted by Gasteiger charge is -2.43. The summed E-state index contributed by atoms with van der Waals surface area (Å²) in [5, 5.41) is 4.74. The zero-order valence-corrected chi connectivity index (χ0v) is 11.8. The molecule has 0 spiro atoms. The molecule has 1 aromatic rings. The molecule has 2 rings (SSSR count). The standard InChI is InChI=1S/C13H18Cl2N2/c1-13(2)9-16-6-7-17(13)8-10-4-3-5-11(14)12(10)15/h3-5,16H,6-9H2,1-2H3. The van der Waals surface area contributed by atoms with Crippen molar-refractivity contribution in [3.63, 3.8) is 0 Å². The molecule has 0 amide bonds. The number of nitrogens with zero attached hydrogens (tertiary/aromatic N) is 1. The predicted octanol–water partition coefficient (Wildman–Crippen LogP) is 3.18. The third-order valence-electron chi connectivity index (χ3n) is 3.36. The monoisotopic (exact) mass is 272 g/mol. The van der Waals surface area contributed by atoms with Gasteiger partial charge in [-0.2, -0.15) is 0 Å². The van der Waals surface area contributed by atoms with Crippen LogP contribution < -0.4 is 5.32 Å². The van der Waals surface area contributed by atoms with Crippen LogP contribution in [0.15, 0.2) is 18.2 Å². The van der Waals surface area contributed by atoms with Crippen LogP contribution in [0.3, 0.4) is 0 Å². The minimum Gasteiger partial charge on any atom is -0.314 e. The van der Waals surface area contributed by atoms with Crippen molar-refractivity contribution in [3.8, 4) is 0 Å². The van der Waals surface area contributed by atoms with Gasteiger partial charge in [0.05, 0.1) is 10.0 Å². The molecule has 2 nitrogen and oxygen atoms in total. The molecule has 1 fully saturated rings. The normalized spacial score (nSPS) is 20.5. The largest absolute Gasteiger partial charge is 0.314 e. The number of hydrogen-bond acceptors (Lipinski definition) is 2. The Morgan fingerprint density at radius 1 is 1.35 bits per heavy atom. The Kier molecular flexibility index (Phi) is 3.99. The Labute approximate surface area is 113 Å². The van der Waals surface area contributed by atoms with E-state index in [0.717, 1.165) is 31.7 Å². The van der Waals surface area contributed by atoms with E-state index in [1.54, 1.807) is 0 Å². The molecular formula is C13H18Cl2N2. The number of benzene rings is 1. The summed E-state index contributed by atoms with van der Waals surface area (Å²) in [4.78, 5) is 2.45. The Morgan fingerprint density at radius 2 is 2.12 bits per heavy atom. The molecule has 0 unspecified atom stereocenters. The molecule has 0 radical (unpaired) electrons. The lowest BCUT2D eigenvalue weighted by atomic mass is 9.99. The third kappa shape index (κ3) is 2.94. The Balaban J connectivity index is 2.17. The minimum absolute atomic E-state index is 0.157. The van der Waals surface area contributed by atoms with Crippen LogP contribution in [0.2, 0.25) is 10.0 Å². The summed E-state index contributed by atoms with van der Waals surface area (Å²) in [6.45, 7) is 8.42. The summed E-state index contributed by atoms with van der Waals surface area (Å²) in [5.41, 5.74) is 1.26. The molecule has 0 saturated carbocycles. The van der Waals surface area contributed by atoms with Crippen LogP contribution in [0.5, 0.6) is 0 Å². The van der Waals surface area contributed by atoms with Crippen LogP contribution >= 0.6 is 23.2 Å². The molecule has 1 heterocycles. The molecule has 1 aliphatic rings.